The SMILES string of the molecule is CNc1cn(-c2ccc(C(C)C)c(F)c2)nc1C(F)F.O=Cc1coc(-c2ccnc(NCC3CC3)c2)n1. The second-order valence-electron chi connectivity index (χ2n) is 9.23. The Labute approximate surface area is 218 Å². The van der Waals surface area contributed by atoms with Crippen LogP contribution in [0.2, 0.25) is 0 Å². The molecule has 1 saturated carbocycles. The number of nitrogens with zero attached hydrogens (tertiary/aromatic N) is 4. The molecule has 1 fully saturated rings. The van der Waals surface area contributed by atoms with E-state index in [1.165, 1.54) is 43.1 Å². The number of pyridine rings is 1. The van der Waals surface area contributed by atoms with Crippen LogP contribution in [0.4, 0.5) is 24.7 Å². The van der Waals surface area contributed by atoms with Crippen LogP contribution >= 0.6 is 0 Å². The Morgan fingerprint density at radius 2 is 2.00 bits per heavy atom. The normalized spacial score (nSPS) is 12.8. The lowest BCUT2D eigenvalue weighted by Crippen LogP contribution is -2.04. The van der Waals surface area contributed by atoms with Gasteiger partial charge < -0.3 is 15.1 Å². The number of carbonyl (C=O) groups is 1. The number of rotatable bonds is 9. The van der Waals surface area contributed by atoms with Gasteiger partial charge in [0.1, 0.15) is 23.6 Å². The number of anilines is 2. The first-order valence-electron chi connectivity index (χ1n) is 12.2. The van der Waals surface area contributed by atoms with Gasteiger partial charge in [0, 0.05) is 25.4 Å². The summed E-state index contributed by atoms with van der Waals surface area (Å²) in [7, 11) is 1.54. The minimum atomic E-state index is -2.68. The number of aldehydes is 1. The van der Waals surface area contributed by atoms with E-state index in [4.69, 9.17) is 4.42 Å². The van der Waals surface area contributed by atoms with Crippen molar-refractivity contribution in [2.24, 2.45) is 5.92 Å². The van der Waals surface area contributed by atoms with Gasteiger partial charge in [0.05, 0.1) is 17.6 Å². The highest BCUT2D eigenvalue weighted by Crippen LogP contribution is 2.29. The summed E-state index contributed by atoms with van der Waals surface area (Å²) >= 11 is 0. The van der Waals surface area contributed by atoms with Crippen LogP contribution in [-0.2, 0) is 0 Å². The maximum atomic E-state index is 13.9. The van der Waals surface area contributed by atoms with Crippen LogP contribution in [0, 0.1) is 11.7 Å². The number of aromatic nitrogens is 4. The van der Waals surface area contributed by atoms with Crippen LogP contribution in [-0.4, -0.2) is 39.6 Å². The molecule has 8 nitrogen and oxygen atoms in total. The maximum Gasteiger partial charge on any atom is 0.284 e. The number of nitrogens with one attached hydrogen (secondary N) is 2. The van der Waals surface area contributed by atoms with Gasteiger partial charge in [-0.2, -0.15) is 5.10 Å². The minimum absolute atomic E-state index is 0.0613. The fourth-order valence-electron chi connectivity index (χ4n) is 3.70. The third-order valence-electron chi connectivity index (χ3n) is 6.01. The Morgan fingerprint density at radius 3 is 2.58 bits per heavy atom. The second-order valence-corrected chi connectivity index (χ2v) is 9.23. The monoisotopic (exact) mass is 526 g/mol. The van der Waals surface area contributed by atoms with Crippen LogP contribution in [0.15, 0.2) is 53.4 Å². The summed E-state index contributed by atoms with van der Waals surface area (Å²) in [6.07, 6.45) is 5.06. The molecule has 0 aliphatic heterocycles. The zero-order valence-electron chi connectivity index (χ0n) is 21.3. The third-order valence-corrected chi connectivity index (χ3v) is 6.01. The van der Waals surface area contributed by atoms with Crippen molar-refractivity contribution in [1.29, 1.82) is 0 Å². The highest BCUT2D eigenvalue weighted by Gasteiger charge is 2.21. The lowest BCUT2D eigenvalue weighted by atomic mass is 10.0. The fraction of sp³-hybridized carbons (Fsp3) is 0.333. The molecule has 5 rings (SSSR count). The lowest BCUT2D eigenvalue weighted by molar-refractivity contribution is 0.111. The van der Waals surface area contributed by atoms with Crippen LogP contribution in [0.1, 0.15) is 60.8 Å². The zero-order valence-corrected chi connectivity index (χ0v) is 21.3. The van der Waals surface area contributed by atoms with Gasteiger partial charge in [-0.05, 0) is 54.5 Å². The molecule has 0 unspecified atom stereocenters. The number of hydrogen-bond acceptors (Lipinski definition) is 7. The van der Waals surface area contributed by atoms with E-state index in [0.717, 1.165) is 23.8 Å². The van der Waals surface area contributed by atoms with E-state index < -0.39 is 6.43 Å². The van der Waals surface area contributed by atoms with Crippen LogP contribution in [0.25, 0.3) is 17.1 Å². The van der Waals surface area contributed by atoms with Crippen LogP contribution in [0.5, 0.6) is 0 Å². The minimum Gasteiger partial charge on any atom is -0.444 e. The summed E-state index contributed by atoms with van der Waals surface area (Å²) in [4.78, 5) is 18.9. The molecule has 0 spiro atoms. The largest absolute Gasteiger partial charge is 0.444 e. The molecule has 3 aromatic heterocycles. The number of halogens is 3. The maximum absolute atomic E-state index is 13.9. The average Bonchev–Trinajstić information content (AvgIpc) is 3.43. The van der Waals surface area contributed by atoms with Crippen molar-refractivity contribution >= 4 is 17.8 Å². The Hall–Kier alpha value is -4.15. The number of benzene rings is 1. The predicted octanol–water partition coefficient (Wildman–Crippen LogP) is 6.49. The van der Waals surface area contributed by atoms with Gasteiger partial charge in [0.2, 0.25) is 5.89 Å². The Balaban J connectivity index is 0.000000178. The molecule has 200 valence electrons. The van der Waals surface area contributed by atoms with Gasteiger partial charge >= 0.3 is 0 Å². The molecular formula is C27H29F3N6O2. The lowest BCUT2D eigenvalue weighted by Gasteiger charge is -2.08. The van der Waals surface area contributed by atoms with Crippen molar-refractivity contribution in [1.82, 2.24) is 19.7 Å². The van der Waals surface area contributed by atoms with Crippen molar-refractivity contribution in [3.63, 3.8) is 0 Å². The van der Waals surface area contributed by atoms with E-state index in [9.17, 15) is 18.0 Å². The quantitative estimate of drug-likeness (QED) is 0.241. The summed E-state index contributed by atoms with van der Waals surface area (Å²) in [5.41, 5.74) is 2.00. The summed E-state index contributed by atoms with van der Waals surface area (Å²) < 4.78 is 46.0. The highest BCUT2D eigenvalue weighted by molar-refractivity contribution is 5.72. The number of oxazole rings is 1. The van der Waals surface area contributed by atoms with Crippen molar-refractivity contribution in [3.05, 3.63) is 71.8 Å². The molecule has 38 heavy (non-hydrogen) atoms. The van der Waals surface area contributed by atoms with E-state index in [0.29, 0.717) is 29.1 Å². The van der Waals surface area contributed by atoms with E-state index in [1.807, 2.05) is 26.0 Å². The topological polar surface area (TPSA) is 97.9 Å². The molecule has 0 atom stereocenters. The highest BCUT2D eigenvalue weighted by atomic mass is 19.3. The molecule has 0 saturated heterocycles. The molecule has 0 bridgehead atoms. The first-order valence-corrected chi connectivity index (χ1v) is 12.2. The smallest absolute Gasteiger partial charge is 0.284 e. The molecule has 4 aromatic rings. The van der Waals surface area contributed by atoms with Gasteiger partial charge in [-0.3, -0.25) is 4.79 Å². The number of alkyl halides is 2. The Kier molecular flexibility index (Phi) is 8.45. The average molecular weight is 527 g/mol. The molecular weight excluding hydrogens is 497 g/mol. The zero-order chi connectivity index (χ0) is 27.2. The Morgan fingerprint density at radius 1 is 1.21 bits per heavy atom. The third kappa shape index (κ3) is 6.58. The molecule has 0 radical (unpaired) electrons. The Bertz CT molecular complexity index is 1380. The van der Waals surface area contributed by atoms with Gasteiger partial charge in [0.25, 0.3) is 6.43 Å². The molecule has 3 heterocycles. The van der Waals surface area contributed by atoms with Crippen molar-refractivity contribution in [2.45, 2.75) is 39.0 Å². The number of carbonyl (C=O) groups excluding carboxylic acids is 1. The van der Waals surface area contributed by atoms with E-state index >= 15 is 0 Å². The standard InChI is InChI=1S/C14H16F3N3.C13H13N3O2/c1-8(2)10-5-4-9(6-11(10)15)20-7-12(18-3)13(19-20)14(16)17;17-7-11-8-18-13(16-11)10-3-4-14-12(5-10)15-6-9-1-2-9/h4-8,14,18H,1-3H3;3-5,7-9H,1-2,6H2,(H,14,15). The van der Waals surface area contributed by atoms with Gasteiger partial charge in [0.15, 0.2) is 12.0 Å². The summed E-state index contributed by atoms with van der Waals surface area (Å²) in [6.45, 7) is 4.74. The summed E-state index contributed by atoms with van der Waals surface area (Å²) in [5, 5.41) is 9.75. The predicted molar refractivity (Wildman–Crippen MR) is 138 cm³/mol. The number of hydrogen-bond donors (Lipinski definition) is 2. The molecule has 0 amide bonds. The van der Waals surface area contributed by atoms with Crippen molar-refractivity contribution in [3.8, 4) is 17.1 Å². The van der Waals surface area contributed by atoms with E-state index in [2.05, 4.69) is 25.7 Å². The second kappa shape index (κ2) is 11.9. The van der Waals surface area contributed by atoms with E-state index in [-0.39, 0.29) is 23.1 Å². The molecule has 1 aromatic carbocycles. The fourth-order valence-corrected chi connectivity index (χ4v) is 3.70. The molecule has 11 heteroatoms. The summed E-state index contributed by atoms with van der Waals surface area (Å²) in [5.74, 6) is 1.74. The van der Waals surface area contributed by atoms with E-state index in [1.54, 1.807) is 18.3 Å². The van der Waals surface area contributed by atoms with Gasteiger partial charge in [-0.25, -0.2) is 27.8 Å². The van der Waals surface area contributed by atoms with Crippen LogP contribution in [0.3, 0.4) is 0 Å². The first kappa shape index (κ1) is 26.9. The van der Waals surface area contributed by atoms with Gasteiger partial charge in [-0.1, -0.05) is 19.9 Å². The van der Waals surface area contributed by atoms with Crippen molar-refractivity contribution < 1.29 is 22.4 Å². The van der Waals surface area contributed by atoms with Crippen molar-refractivity contribution in [2.75, 3.05) is 24.2 Å². The molecule has 2 N–H and O–H groups in total. The molecule has 1 aliphatic carbocycles. The van der Waals surface area contributed by atoms with Crippen LogP contribution < -0.4 is 10.6 Å². The van der Waals surface area contributed by atoms with Gasteiger partial charge in [-0.15, -0.1) is 0 Å². The molecule has 1 aliphatic rings. The summed E-state index contributed by atoms with van der Waals surface area (Å²) in [6, 6.07) is 8.31. The first-order chi connectivity index (χ1) is 18.3.